The molecule has 2 aromatic rings. The SMILES string of the molecule is O=C(Nc1ccc(N2CCOCC2)nc1)C1COc2ccccc2O1. The summed E-state index contributed by atoms with van der Waals surface area (Å²) in [6.45, 7) is 3.25. The van der Waals surface area contributed by atoms with Crippen LogP contribution in [0.2, 0.25) is 0 Å². The Balaban J connectivity index is 1.38. The van der Waals surface area contributed by atoms with Gasteiger partial charge in [0.15, 0.2) is 11.5 Å². The van der Waals surface area contributed by atoms with Crippen LogP contribution >= 0.6 is 0 Å². The van der Waals surface area contributed by atoms with Crippen LogP contribution in [0.4, 0.5) is 11.5 Å². The summed E-state index contributed by atoms with van der Waals surface area (Å²) >= 11 is 0. The summed E-state index contributed by atoms with van der Waals surface area (Å²) in [5.74, 6) is 1.86. The molecule has 3 heterocycles. The molecule has 0 spiro atoms. The van der Waals surface area contributed by atoms with Gasteiger partial charge in [0.25, 0.3) is 5.91 Å². The molecule has 7 nitrogen and oxygen atoms in total. The van der Waals surface area contributed by atoms with Gasteiger partial charge in [-0.2, -0.15) is 0 Å². The molecule has 2 aliphatic rings. The summed E-state index contributed by atoms with van der Waals surface area (Å²) in [5.41, 5.74) is 0.629. The molecule has 1 saturated heterocycles. The second-order valence-corrected chi connectivity index (χ2v) is 5.86. The van der Waals surface area contributed by atoms with E-state index in [1.807, 2.05) is 30.3 Å². The fourth-order valence-corrected chi connectivity index (χ4v) is 2.81. The maximum absolute atomic E-state index is 12.4. The Hall–Kier alpha value is -2.80. The maximum atomic E-state index is 12.4. The van der Waals surface area contributed by atoms with E-state index >= 15 is 0 Å². The zero-order valence-corrected chi connectivity index (χ0v) is 13.7. The zero-order chi connectivity index (χ0) is 17.1. The molecule has 4 rings (SSSR count). The Morgan fingerprint density at radius 1 is 1.12 bits per heavy atom. The quantitative estimate of drug-likeness (QED) is 0.916. The third-order valence-electron chi connectivity index (χ3n) is 4.15. The van der Waals surface area contributed by atoms with E-state index in [2.05, 4.69) is 15.2 Å². The van der Waals surface area contributed by atoms with Crippen molar-refractivity contribution >= 4 is 17.4 Å². The summed E-state index contributed by atoms with van der Waals surface area (Å²) in [5, 5.41) is 2.82. The van der Waals surface area contributed by atoms with Crippen LogP contribution in [0.25, 0.3) is 0 Å². The number of nitrogens with zero attached hydrogens (tertiary/aromatic N) is 2. The van der Waals surface area contributed by atoms with Gasteiger partial charge in [0.1, 0.15) is 12.4 Å². The number of carbonyl (C=O) groups is 1. The Morgan fingerprint density at radius 2 is 1.92 bits per heavy atom. The molecule has 0 radical (unpaired) electrons. The third kappa shape index (κ3) is 3.51. The highest BCUT2D eigenvalue weighted by atomic mass is 16.6. The van der Waals surface area contributed by atoms with Crippen LogP contribution in [0.5, 0.6) is 11.5 Å². The Morgan fingerprint density at radius 3 is 2.68 bits per heavy atom. The Labute approximate surface area is 145 Å². The average molecular weight is 341 g/mol. The molecule has 0 saturated carbocycles. The number of rotatable bonds is 3. The molecule has 1 atom stereocenters. The molecular weight excluding hydrogens is 322 g/mol. The minimum absolute atomic E-state index is 0.183. The number of benzene rings is 1. The van der Waals surface area contributed by atoms with E-state index in [1.165, 1.54) is 0 Å². The summed E-state index contributed by atoms with van der Waals surface area (Å²) in [7, 11) is 0. The fourth-order valence-electron chi connectivity index (χ4n) is 2.81. The van der Waals surface area contributed by atoms with Crippen LogP contribution < -0.4 is 19.7 Å². The van der Waals surface area contributed by atoms with Gasteiger partial charge < -0.3 is 24.4 Å². The predicted molar refractivity (Wildman–Crippen MR) is 92.3 cm³/mol. The van der Waals surface area contributed by atoms with Crippen LogP contribution in [0.3, 0.4) is 0 Å². The number of para-hydroxylation sites is 2. The molecule has 1 N–H and O–H groups in total. The van der Waals surface area contributed by atoms with Gasteiger partial charge in [0, 0.05) is 13.1 Å². The summed E-state index contributed by atoms with van der Waals surface area (Å²) in [6.07, 6.45) is 0.967. The van der Waals surface area contributed by atoms with E-state index in [4.69, 9.17) is 14.2 Å². The van der Waals surface area contributed by atoms with Crippen molar-refractivity contribution in [1.82, 2.24) is 4.98 Å². The van der Waals surface area contributed by atoms with E-state index in [0.29, 0.717) is 30.4 Å². The maximum Gasteiger partial charge on any atom is 0.269 e. The zero-order valence-electron chi connectivity index (χ0n) is 13.7. The van der Waals surface area contributed by atoms with Crippen LogP contribution in [0.15, 0.2) is 42.6 Å². The monoisotopic (exact) mass is 341 g/mol. The molecule has 0 aliphatic carbocycles. The molecule has 1 amide bonds. The minimum Gasteiger partial charge on any atom is -0.485 e. The van der Waals surface area contributed by atoms with Gasteiger partial charge in [0.05, 0.1) is 25.1 Å². The van der Waals surface area contributed by atoms with Gasteiger partial charge in [-0.3, -0.25) is 4.79 Å². The molecule has 0 bridgehead atoms. The van der Waals surface area contributed by atoms with Crippen molar-refractivity contribution in [3.63, 3.8) is 0 Å². The predicted octanol–water partition coefficient (Wildman–Crippen LogP) is 1.70. The lowest BCUT2D eigenvalue weighted by Crippen LogP contribution is -2.40. The molecule has 130 valence electrons. The van der Waals surface area contributed by atoms with Crippen LogP contribution in [0.1, 0.15) is 0 Å². The topological polar surface area (TPSA) is 72.9 Å². The second-order valence-electron chi connectivity index (χ2n) is 5.86. The molecular formula is C18H19N3O4. The summed E-state index contributed by atoms with van der Waals surface area (Å²) in [4.78, 5) is 19.0. The number of aromatic nitrogens is 1. The standard InChI is InChI=1S/C18H19N3O4/c22-18(16-12-24-14-3-1-2-4-15(14)25-16)20-13-5-6-17(19-11-13)21-7-9-23-10-8-21/h1-6,11,16H,7-10,12H2,(H,20,22). The van der Waals surface area contributed by atoms with Gasteiger partial charge >= 0.3 is 0 Å². The molecule has 1 aromatic carbocycles. The lowest BCUT2D eigenvalue weighted by molar-refractivity contribution is -0.125. The van der Waals surface area contributed by atoms with Gasteiger partial charge in [0.2, 0.25) is 6.10 Å². The largest absolute Gasteiger partial charge is 0.485 e. The van der Waals surface area contributed by atoms with E-state index in [-0.39, 0.29) is 12.5 Å². The van der Waals surface area contributed by atoms with Gasteiger partial charge in [-0.15, -0.1) is 0 Å². The second kappa shape index (κ2) is 6.98. The van der Waals surface area contributed by atoms with Crippen LogP contribution in [-0.4, -0.2) is 49.9 Å². The van der Waals surface area contributed by atoms with E-state index in [0.717, 1.165) is 18.9 Å². The van der Waals surface area contributed by atoms with Crippen molar-refractivity contribution in [2.45, 2.75) is 6.10 Å². The van der Waals surface area contributed by atoms with Gasteiger partial charge in [-0.25, -0.2) is 4.98 Å². The number of carbonyl (C=O) groups excluding carboxylic acids is 1. The first kappa shape index (κ1) is 15.7. The van der Waals surface area contributed by atoms with Crippen molar-refractivity contribution in [3.05, 3.63) is 42.6 Å². The lowest BCUT2D eigenvalue weighted by Gasteiger charge is -2.28. The highest BCUT2D eigenvalue weighted by molar-refractivity contribution is 5.94. The van der Waals surface area contributed by atoms with Crippen molar-refractivity contribution in [1.29, 1.82) is 0 Å². The fraction of sp³-hybridized carbons (Fsp3) is 0.333. The summed E-state index contributed by atoms with van der Waals surface area (Å²) in [6, 6.07) is 11.0. The van der Waals surface area contributed by atoms with E-state index in [9.17, 15) is 4.79 Å². The first-order chi connectivity index (χ1) is 12.3. The van der Waals surface area contributed by atoms with Crippen molar-refractivity contribution < 1.29 is 19.0 Å². The number of hydrogen-bond acceptors (Lipinski definition) is 6. The highest BCUT2D eigenvalue weighted by Gasteiger charge is 2.27. The smallest absolute Gasteiger partial charge is 0.269 e. The van der Waals surface area contributed by atoms with E-state index in [1.54, 1.807) is 12.3 Å². The Kier molecular flexibility index (Phi) is 4.39. The molecule has 1 unspecified atom stereocenters. The van der Waals surface area contributed by atoms with Gasteiger partial charge in [-0.05, 0) is 24.3 Å². The summed E-state index contributed by atoms with van der Waals surface area (Å²) < 4.78 is 16.6. The number of anilines is 2. The van der Waals surface area contributed by atoms with Crippen molar-refractivity contribution in [3.8, 4) is 11.5 Å². The Bertz CT molecular complexity index is 744. The molecule has 1 aromatic heterocycles. The van der Waals surface area contributed by atoms with Gasteiger partial charge in [-0.1, -0.05) is 12.1 Å². The minimum atomic E-state index is -0.686. The normalized spacial score (nSPS) is 19.4. The van der Waals surface area contributed by atoms with Crippen LogP contribution in [0, 0.1) is 0 Å². The number of morpholine rings is 1. The lowest BCUT2D eigenvalue weighted by atomic mass is 10.2. The molecule has 25 heavy (non-hydrogen) atoms. The van der Waals surface area contributed by atoms with Crippen LogP contribution in [-0.2, 0) is 9.53 Å². The number of nitrogens with one attached hydrogen (secondary N) is 1. The molecule has 7 heteroatoms. The van der Waals surface area contributed by atoms with E-state index < -0.39 is 6.10 Å². The molecule has 2 aliphatic heterocycles. The number of pyridine rings is 1. The molecule has 1 fully saturated rings. The first-order valence-electron chi connectivity index (χ1n) is 8.28. The number of hydrogen-bond donors (Lipinski definition) is 1. The first-order valence-corrected chi connectivity index (χ1v) is 8.28. The van der Waals surface area contributed by atoms with Crippen molar-refractivity contribution in [2.75, 3.05) is 43.1 Å². The number of fused-ring (bicyclic) bond motifs is 1. The number of ether oxygens (including phenoxy) is 3. The highest BCUT2D eigenvalue weighted by Crippen LogP contribution is 2.31. The number of amides is 1. The average Bonchev–Trinajstić information content (AvgIpc) is 2.69. The van der Waals surface area contributed by atoms with Crippen molar-refractivity contribution in [2.24, 2.45) is 0 Å². The third-order valence-corrected chi connectivity index (χ3v) is 4.15.